The molecule has 1 atom stereocenters. The summed E-state index contributed by atoms with van der Waals surface area (Å²) in [6.07, 6.45) is 7.03. The second-order valence-electron chi connectivity index (χ2n) is 28.9. The molecular weight excluding hydrogens is 1610 g/mol. The predicted molar refractivity (Wildman–Crippen MR) is 507 cm³/mol. The average molecular weight is 1680 g/mol. The van der Waals surface area contributed by atoms with E-state index in [9.17, 15) is 20.0 Å². The van der Waals surface area contributed by atoms with Crippen LogP contribution in [0.1, 0.15) is 36.8 Å². The third-order valence-corrected chi connectivity index (χ3v) is 21.6. The van der Waals surface area contributed by atoms with Crippen molar-refractivity contribution in [1.29, 1.82) is 0 Å². The van der Waals surface area contributed by atoms with Crippen molar-refractivity contribution < 1.29 is 14.8 Å². The zero-order chi connectivity index (χ0) is 84.8. The monoisotopic (exact) mass is 1680 g/mol. The molecule has 21 nitrogen and oxygen atoms in total. The van der Waals surface area contributed by atoms with Crippen LogP contribution in [-0.4, -0.2) is 65.8 Å². The van der Waals surface area contributed by atoms with Crippen LogP contribution in [0.5, 0.6) is 0 Å². The van der Waals surface area contributed by atoms with Crippen molar-refractivity contribution in [2.45, 2.75) is 32.8 Å². The Morgan fingerprint density at radius 1 is 0.387 bits per heavy atom. The molecule has 15 aromatic carbocycles. The second kappa shape index (κ2) is 37.4. The number of nitrogens with zero attached hydrogens (tertiary/aromatic N) is 11. The molecule has 21 aromatic rings. The average Bonchev–Trinajstić information content (AvgIpc) is 1.04. The van der Waals surface area contributed by atoms with E-state index >= 15 is 0 Å². The first-order valence-corrected chi connectivity index (χ1v) is 41.4. The van der Waals surface area contributed by atoms with E-state index in [-0.39, 0.29) is 23.6 Å². The number of halogens is 2. The lowest BCUT2D eigenvalue weighted by Gasteiger charge is -2.14. The van der Waals surface area contributed by atoms with Crippen molar-refractivity contribution in [3.63, 3.8) is 0 Å². The Bertz CT molecular complexity index is 7490. The maximum absolute atomic E-state index is 11.4. The number of thiophene rings is 1. The molecule has 0 aliphatic heterocycles. The number of nitro groups is 1. The molecule has 0 fully saturated rings. The summed E-state index contributed by atoms with van der Waals surface area (Å²) < 4.78 is 0. The minimum absolute atomic E-state index is 0.0895. The van der Waals surface area contributed by atoms with Gasteiger partial charge in [0.05, 0.1) is 113 Å². The van der Waals surface area contributed by atoms with Crippen LogP contribution in [0, 0.1) is 10.1 Å². The number of aliphatic hydroxyl groups excluding tert-OH is 1. The molecule has 21 rings (SSSR count). The van der Waals surface area contributed by atoms with E-state index in [1.54, 1.807) is 54.3 Å². The highest BCUT2D eigenvalue weighted by atomic mass is 35.5. The van der Waals surface area contributed by atoms with Crippen LogP contribution in [0.3, 0.4) is 0 Å². The highest BCUT2D eigenvalue weighted by Gasteiger charge is 2.24. The number of aromatic nitrogens is 10. The number of amides is 1. The number of hydrogen-bond acceptors (Lipinski definition) is 20. The molecule has 0 bridgehead atoms. The maximum atomic E-state index is 11.4. The molecule has 0 spiro atoms. The molecule has 124 heavy (non-hydrogen) atoms. The standard InChI is InChI=1S/C24H17N3O3S.C20H16N4O.C20H17N3.C18H13ClN4.C18H12ClN3/c28-22(17-8-3-4-9-21(17)27(29)30)14-20-24(23-10-5-11-31-23)26-19-13-16-7-2-1-6-15(16)12-18(19)25-20;1-13(25)22-16-6-8-17(9-7-16)23-20-12-21-18-10-14-4-2-3-5-15(14)11-19(18)24-20;1-2-14-7-9-17(10-8-14)22-20-13-21-18-11-15-5-3-4-6-16(15)12-19(18)23-20;19-14-5-7-15(8-6-14)22-23-18-11-20-16-9-12-3-1-2-4-13(12)10-17(16)21-18;19-14-6-3-7-15(10-14)21-18-11-20-16-8-12-4-1-2-5-13(12)9-17(16)22-18/h1-13,22,28H,14H2;2-12H,1H3,(H,22,25)(H,23,24);3-13H,2H2,1H3,(H,22,23);1-11,22H,(H,21,23);1-11H,(H,21,22). The lowest BCUT2D eigenvalue weighted by atomic mass is 10.0. The summed E-state index contributed by atoms with van der Waals surface area (Å²) in [6, 6.07) is 102. The largest absolute Gasteiger partial charge is 0.388 e. The lowest BCUT2D eigenvalue weighted by Crippen LogP contribution is -2.10. The van der Waals surface area contributed by atoms with Gasteiger partial charge in [-0.3, -0.25) is 45.7 Å². The number of carbonyl (C=O) groups excluding carboxylic acids is 1. The Labute approximate surface area is 724 Å². The Morgan fingerprint density at radius 2 is 0.766 bits per heavy atom. The fourth-order valence-electron chi connectivity index (χ4n) is 14.1. The highest BCUT2D eigenvalue weighted by Crippen LogP contribution is 2.36. The minimum Gasteiger partial charge on any atom is -0.388 e. The Hall–Kier alpha value is -15.6. The van der Waals surface area contributed by atoms with Crippen molar-refractivity contribution in [2.75, 3.05) is 32.1 Å². The molecule has 1 unspecified atom stereocenters. The zero-order valence-electron chi connectivity index (χ0n) is 66.7. The van der Waals surface area contributed by atoms with Gasteiger partial charge >= 0.3 is 0 Å². The Morgan fingerprint density at radius 3 is 1.19 bits per heavy atom. The van der Waals surface area contributed by atoms with E-state index < -0.39 is 11.0 Å². The number of fused-ring (bicyclic) bond motifs is 10. The molecule has 0 aliphatic carbocycles. The van der Waals surface area contributed by atoms with Crippen molar-refractivity contribution >= 4 is 207 Å². The van der Waals surface area contributed by atoms with Gasteiger partial charge in [0.1, 0.15) is 23.1 Å². The number of hydrazine groups is 1. The first kappa shape index (κ1) is 80.8. The first-order chi connectivity index (χ1) is 60.6. The topological polar surface area (TPSA) is 282 Å². The summed E-state index contributed by atoms with van der Waals surface area (Å²) in [5.41, 5.74) is 21.9. The van der Waals surface area contributed by atoms with Crippen LogP contribution in [0.4, 0.5) is 57.4 Å². The molecular formula is C100H75Cl2N17O4S. The number of rotatable bonds is 16. The number of benzene rings is 15. The van der Waals surface area contributed by atoms with Crippen LogP contribution >= 0.6 is 34.5 Å². The quantitative estimate of drug-likeness (QED) is 0.0269. The third kappa shape index (κ3) is 19.8. The van der Waals surface area contributed by atoms with Gasteiger partial charge in [-0.25, -0.2) is 29.9 Å². The van der Waals surface area contributed by atoms with Crippen LogP contribution in [0.15, 0.2) is 346 Å². The van der Waals surface area contributed by atoms with Crippen LogP contribution < -0.4 is 32.1 Å². The lowest BCUT2D eigenvalue weighted by molar-refractivity contribution is -0.386. The molecule has 0 saturated heterocycles. The smallest absolute Gasteiger partial charge is 0.275 e. The number of nitrogens with one attached hydrogen (secondary N) is 6. The SMILES string of the molecule is CC(=O)Nc1ccc(Nc2cnc3cc4ccccc4cc3n2)cc1.CCc1ccc(Nc2cnc3cc4ccccc4cc3n2)cc1.Clc1ccc(NNc2cnc3cc4ccccc4cc3n2)cc1.Clc1cccc(Nc2cnc3cc4ccccc4cc3n2)c1.O=[N+]([O-])c1ccccc1C(O)Cc1nc2cc3ccccc3cc2nc1-c1cccs1. The Kier molecular flexibility index (Phi) is 24.4. The number of nitro benzene ring substituents is 1. The van der Waals surface area contributed by atoms with Crippen LogP contribution in [0.2, 0.25) is 10.0 Å². The van der Waals surface area contributed by atoms with E-state index in [1.165, 1.54) is 34.7 Å². The normalized spacial score (nSPS) is 11.2. The molecule has 24 heteroatoms. The molecule has 0 aliphatic rings. The van der Waals surface area contributed by atoms with Gasteiger partial charge in [0.15, 0.2) is 5.82 Å². The summed E-state index contributed by atoms with van der Waals surface area (Å²) in [7, 11) is 0. The molecule has 604 valence electrons. The zero-order valence-corrected chi connectivity index (χ0v) is 69.0. The number of aliphatic hydroxyl groups is 1. The summed E-state index contributed by atoms with van der Waals surface area (Å²) >= 11 is 13.4. The predicted octanol–water partition coefficient (Wildman–Crippen LogP) is 25.3. The van der Waals surface area contributed by atoms with Gasteiger partial charge in [-0.15, -0.1) is 11.3 Å². The summed E-state index contributed by atoms with van der Waals surface area (Å²) in [4.78, 5) is 69.2. The summed E-state index contributed by atoms with van der Waals surface area (Å²) in [6.45, 7) is 3.64. The van der Waals surface area contributed by atoms with Crippen molar-refractivity contribution in [2.24, 2.45) is 0 Å². The molecule has 6 heterocycles. The first-order valence-electron chi connectivity index (χ1n) is 39.7. The molecule has 7 N–H and O–H groups in total. The molecule has 6 aromatic heterocycles. The number of anilines is 9. The van der Waals surface area contributed by atoms with Gasteiger partial charge < -0.3 is 26.4 Å². The molecule has 0 radical (unpaired) electrons. The van der Waals surface area contributed by atoms with Crippen molar-refractivity contribution in [3.05, 3.63) is 383 Å². The van der Waals surface area contributed by atoms with Gasteiger partial charge in [0.25, 0.3) is 5.69 Å². The fourth-order valence-corrected chi connectivity index (χ4v) is 15.2. The number of para-hydroxylation sites is 1. The van der Waals surface area contributed by atoms with E-state index in [1.807, 2.05) is 200 Å². The number of carbonyl (C=O) groups is 1. The van der Waals surface area contributed by atoms with Crippen molar-refractivity contribution in [3.8, 4) is 10.6 Å². The maximum Gasteiger partial charge on any atom is 0.275 e. The van der Waals surface area contributed by atoms with E-state index in [0.29, 0.717) is 38.9 Å². The Balaban J connectivity index is 0.000000110. The second-order valence-corrected chi connectivity index (χ2v) is 30.8. The van der Waals surface area contributed by atoms with Crippen molar-refractivity contribution in [1.82, 2.24) is 49.8 Å². The van der Waals surface area contributed by atoms with Gasteiger partial charge in [0.2, 0.25) is 5.91 Å². The minimum atomic E-state index is -1.08. The fraction of sp³-hybridized carbons (Fsp3) is 0.0500. The van der Waals surface area contributed by atoms with E-state index in [4.69, 9.17) is 33.2 Å². The summed E-state index contributed by atoms with van der Waals surface area (Å²) in [5.74, 6) is 2.70. The van der Waals surface area contributed by atoms with E-state index in [2.05, 4.69) is 176 Å². The summed E-state index contributed by atoms with van der Waals surface area (Å²) in [5, 5.41) is 49.6. The number of aryl methyl sites for hydroxylation is 1. The third-order valence-electron chi connectivity index (χ3n) is 20.3. The van der Waals surface area contributed by atoms with Gasteiger partial charge in [0, 0.05) is 52.2 Å². The molecule has 1 amide bonds. The van der Waals surface area contributed by atoms with Gasteiger partial charge in [-0.1, -0.05) is 188 Å². The highest BCUT2D eigenvalue weighted by molar-refractivity contribution is 7.13. The van der Waals surface area contributed by atoms with Crippen LogP contribution in [-0.2, 0) is 17.6 Å². The van der Waals surface area contributed by atoms with E-state index in [0.717, 1.165) is 138 Å². The molecule has 0 saturated carbocycles. The van der Waals surface area contributed by atoms with Gasteiger partial charge in [-0.05, 0) is 223 Å². The number of hydrogen-bond donors (Lipinski definition) is 7. The van der Waals surface area contributed by atoms with Gasteiger partial charge in [-0.2, -0.15) is 0 Å². The van der Waals surface area contributed by atoms with Crippen LogP contribution in [0.25, 0.3) is 120 Å².